The van der Waals surface area contributed by atoms with Crippen molar-refractivity contribution in [3.8, 4) is 0 Å². The zero-order valence-corrected chi connectivity index (χ0v) is 52.1. The third kappa shape index (κ3) is 65.0. The largest absolute Gasteiger partial charge is 0.462 e. The molecule has 6 nitrogen and oxygen atoms in total. The van der Waals surface area contributed by atoms with Crippen LogP contribution in [-0.2, 0) is 28.6 Å². The summed E-state index contributed by atoms with van der Waals surface area (Å²) >= 11 is 0. The Morgan fingerprint density at radius 1 is 0.266 bits per heavy atom. The quantitative estimate of drug-likeness (QED) is 0.0261. The molecule has 0 fully saturated rings. The van der Waals surface area contributed by atoms with Gasteiger partial charge in [0.2, 0.25) is 0 Å². The summed E-state index contributed by atoms with van der Waals surface area (Å²) in [5.74, 6) is -0.891. The number of rotatable bonds is 61. The number of unbranched alkanes of at least 4 members (excludes halogenated alkanes) is 34. The highest BCUT2D eigenvalue weighted by atomic mass is 16.6. The third-order valence-corrected chi connectivity index (χ3v) is 14.5. The fourth-order valence-corrected chi connectivity index (χ4v) is 9.50. The van der Waals surface area contributed by atoms with Gasteiger partial charge in [-0.2, -0.15) is 0 Å². The highest BCUT2D eigenvalue weighted by Gasteiger charge is 2.19. The molecule has 0 aromatic rings. The Balaban J connectivity index is 4.41. The molecule has 0 saturated heterocycles. The van der Waals surface area contributed by atoms with Gasteiger partial charge in [-0.1, -0.05) is 285 Å². The number of hydrogen-bond donors (Lipinski definition) is 0. The number of carbonyl (C=O) groups excluding carboxylic acids is 3. The van der Waals surface area contributed by atoms with Gasteiger partial charge in [-0.05, 0) is 122 Å². The molecule has 1 atom stereocenters. The predicted octanol–water partition coefficient (Wildman–Crippen LogP) is 23.2. The molecule has 79 heavy (non-hydrogen) atoms. The van der Waals surface area contributed by atoms with Crippen molar-refractivity contribution in [3.63, 3.8) is 0 Å². The normalized spacial score (nSPS) is 12.7. The van der Waals surface area contributed by atoms with E-state index in [1.165, 1.54) is 180 Å². The molecule has 0 rings (SSSR count). The second kappa shape index (κ2) is 66.8. The van der Waals surface area contributed by atoms with E-state index in [1.54, 1.807) is 0 Å². The molecular weight excluding hydrogens is 973 g/mol. The number of esters is 3. The molecule has 0 N–H and O–H groups in total. The first-order chi connectivity index (χ1) is 39.0. The van der Waals surface area contributed by atoms with E-state index < -0.39 is 6.10 Å². The smallest absolute Gasteiger partial charge is 0.306 e. The van der Waals surface area contributed by atoms with Crippen molar-refractivity contribution in [3.05, 3.63) is 97.2 Å². The maximum atomic E-state index is 12.9. The molecule has 0 radical (unpaired) electrons. The van der Waals surface area contributed by atoms with Crippen LogP contribution in [0.4, 0.5) is 0 Å². The molecule has 0 heterocycles. The summed E-state index contributed by atoms with van der Waals surface area (Å²) in [6, 6.07) is 0. The Hall–Kier alpha value is -3.67. The first-order valence-electron chi connectivity index (χ1n) is 33.7. The maximum Gasteiger partial charge on any atom is 0.306 e. The van der Waals surface area contributed by atoms with Crippen LogP contribution in [0.2, 0.25) is 0 Å². The minimum absolute atomic E-state index is 0.0847. The standard InChI is InChI=1S/C73H126O6/c1-4-7-10-13-16-19-22-25-28-31-33-35-36-38-39-42-45-48-51-54-57-60-63-66-72(75)78-69-70(68-77-71(74)65-62-59-56-53-50-47-44-41-30-27-24-21-18-15-12-9-6-3)79-73(76)67-64-61-58-55-52-49-46-43-40-37-34-32-29-26-23-20-17-14-11-8-5-2/h8,11,17,20,22,25-27,29-31,33-34,36-38,70H,4-7,9-10,12-16,18-19,21,23-24,28,32,35,39-69H2,1-3H3/b11-8-,20-17-,25-22-,29-26-,30-27-,33-31-,37-34-,38-36-. The zero-order valence-electron chi connectivity index (χ0n) is 52.1. The van der Waals surface area contributed by atoms with E-state index in [1.807, 2.05) is 0 Å². The summed E-state index contributed by atoms with van der Waals surface area (Å²) in [6.45, 7) is 6.53. The van der Waals surface area contributed by atoms with E-state index in [0.717, 1.165) is 109 Å². The summed E-state index contributed by atoms with van der Waals surface area (Å²) in [6.07, 6.45) is 89.8. The van der Waals surface area contributed by atoms with Gasteiger partial charge in [0.25, 0.3) is 0 Å². The van der Waals surface area contributed by atoms with Crippen LogP contribution in [0.3, 0.4) is 0 Å². The van der Waals surface area contributed by atoms with Gasteiger partial charge in [0, 0.05) is 19.3 Å². The first-order valence-corrected chi connectivity index (χ1v) is 33.7. The SMILES string of the molecule is CC/C=C\C/C=C\C/C=C\C/C=C\CCCCCCCCCCC(=O)OC(COC(=O)CCCCCCCCC/C=C\CCCCCCCC)COC(=O)CCCCCCCCCC/C=C\C/C=C\C/C=C\CCCCCCC. The van der Waals surface area contributed by atoms with Crippen molar-refractivity contribution in [1.82, 2.24) is 0 Å². The second-order valence-electron chi connectivity index (χ2n) is 22.3. The third-order valence-electron chi connectivity index (χ3n) is 14.5. The number of hydrogen-bond acceptors (Lipinski definition) is 6. The molecule has 6 heteroatoms. The van der Waals surface area contributed by atoms with Crippen LogP contribution in [-0.4, -0.2) is 37.2 Å². The average Bonchev–Trinajstić information content (AvgIpc) is 3.45. The Morgan fingerprint density at radius 2 is 0.494 bits per heavy atom. The number of allylic oxidation sites excluding steroid dienone is 16. The van der Waals surface area contributed by atoms with Crippen LogP contribution < -0.4 is 0 Å². The van der Waals surface area contributed by atoms with Crippen molar-refractivity contribution in [2.24, 2.45) is 0 Å². The fraction of sp³-hybridized carbons (Fsp3) is 0.740. The Kier molecular flexibility index (Phi) is 63.7. The molecular formula is C73H126O6. The molecule has 0 spiro atoms. The van der Waals surface area contributed by atoms with Crippen molar-refractivity contribution < 1.29 is 28.6 Å². The molecule has 454 valence electrons. The van der Waals surface area contributed by atoms with Gasteiger partial charge in [0.1, 0.15) is 13.2 Å². The predicted molar refractivity (Wildman–Crippen MR) is 344 cm³/mol. The van der Waals surface area contributed by atoms with E-state index in [0.29, 0.717) is 19.3 Å². The first kappa shape index (κ1) is 75.3. The molecule has 0 bridgehead atoms. The van der Waals surface area contributed by atoms with Crippen LogP contribution in [0.15, 0.2) is 97.2 Å². The second-order valence-corrected chi connectivity index (χ2v) is 22.3. The molecule has 0 aromatic heterocycles. The van der Waals surface area contributed by atoms with Crippen LogP contribution in [0.5, 0.6) is 0 Å². The van der Waals surface area contributed by atoms with E-state index in [2.05, 4.69) is 118 Å². The lowest BCUT2D eigenvalue weighted by Gasteiger charge is -2.18. The number of carbonyl (C=O) groups is 3. The summed E-state index contributed by atoms with van der Waals surface area (Å²) < 4.78 is 17.0. The summed E-state index contributed by atoms with van der Waals surface area (Å²) in [4.78, 5) is 38.4. The summed E-state index contributed by atoms with van der Waals surface area (Å²) in [5, 5.41) is 0. The van der Waals surface area contributed by atoms with Crippen molar-refractivity contribution in [2.75, 3.05) is 13.2 Å². The molecule has 1 unspecified atom stereocenters. The van der Waals surface area contributed by atoms with Gasteiger partial charge in [-0.3, -0.25) is 14.4 Å². The van der Waals surface area contributed by atoms with Crippen LogP contribution >= 0.6 is 0 Å². The Bertz CT molecular complexity index is 1540. The van der Waals surface area contributed by atoms with E-state index in [4.69, 9.17) is 14.2 Å². The van der Waals surface area contributed by atoms with Gasteiger partial charge in [-0.15, -0.1) is 0 Å². The highest BCUT2D eigenvalue weighted by molar-refractivity contribution is 5.71. The Labute approximate surface area is 489 Å². The van der Waals surface area contributed by atoms with Crippen molar-refractivity contribution in [2.45, 2.75) is 335 Å². The van der Waals surface area contributed by atoms with Gasteiger partial charge in [0.15, 0.2) is 6.10 Å². The lowest BCUT2D eigenvalue weighted by Crippen LogP contribution is -2.30. The number of ether oxygens (including phenoxy) is 3. The summed E-state index contributed by atoms with van der Waals surface area (Å²) in [5.41, 5.74) is 0. The van der Waals surface area contributed by atoms with Crippen LogP contribution in [0.1, 0.15) is 329 Å². The lowest BCUT2D eigenvalue weighted by atomic mass is 10.1. The molecule has 0 amide bonds. The average molecular weight is 1100 g/mol. The minimum atomic E-state index is -0.790. The lowest BCUT2D eigenvalue weighted by molar-refractivity contribution is -0.167. The molecule has 0 aliphatic carbocycles. The highest BCUT2D eigenvalue weighted by Crippen LogP contribution is 2.16. The van der Waals surface area contributed by atoms with Crippen molar-refractivity contribution in [1.29, 1.82) is 0 Å². The molecule has 0 aliphatic heterocycles. The van der Waals surface area contributed by atoms with Crippen LogP contribution in [0.25, 0.3) is 0 Å². The Morgan fingerprint density at radius 3 is 0.785 bits per heavy atom. The maximum absolute atomic E-state index is 12.9. The van der Waals surface area contributed by atoms with E-state index in [9.17, 15) is 14.4 Å². The van der Waals surface area contributed by atoms with Gasteiger partial charge >= 0.3 is 17.9 Å². The topological polar surface area (TPSA) is 78.9 Å². The van der Waals surface area contributed by atoms with Gasteiger partial charge in [-0.25, -0.2) is 0 Å². The van der Waals surface area contributed by atoms with E-state index in [-0.39, 0.29) is 31.1 Å². The van der Waals surface area contributed by atoms with E-state index >= 15 is 0 Å². The molecule has 0 aliphatic rings. The van der Waals surface area contributed by atoms with Crippen LogP contribution in [0, 0.1) is 0 Å². The zero-order chi connectivity index (χ0) is 57.1. The molecule has 0 aromatic carbocycles. The van der Waals surface area contributed by atoms with Gasteiger partial charge in [0.05, 0.1) is 0 Å². The summed E-state index contributed by atoms with van der Waals surface area (Å²) in [7, 11) is 0. The minimum Gasteiger partial charge on any atom is -0.462 e. The monoisotopic (exact) mass is 1100 g/mol. The van der Waals surface area contributed by atoms with Gasteiger partial charge < -0.3 is 14.2 Å². The van der Waals surface area contributed by atoms with Crippen molar-refractivity contribution >= 4 is 17.9 Å². The fourth-order valence-electron chi connectivity index (χ4n) is 9.50. The molecule has 0 saturated carbocycles.